The maximum absolute atomic E-state index is 12.3. The zero-order valence-electron chi connectivity index (χ0n) is 10.6. The lowest BCUT2D eigenvalue weighted by atomic mass is 10.0. The SMILES string of the molecule is O=C(CSC1CCCC1)C1CCc2cccnc21. The minimum atomic E-state index is 0.0788. The average molecular weight is 261 g/mol. The smallest absolute Gasteiger partial charge is 0.151 e. The van der Waals surface area contributed by atoms with Crippen LogP contribution in [0, 0.1) is 0 Å². The van der Waals surface area contributed by atoms with E-state index in [4.69, 9.17) is 0 Å². The fourth-order valence-electron chi connectivity index (χ4n) is 3.08. The van der Waals surface area contributed by atoms with Crippen LogP contribution in [0.4, 0.5) is 0 Å². The summed E-state index contributed by atoms with van der Waals surface area (Å²) in [7, 11) is 0. The van der Waals surface area contributed by atoms with Crippen molar-refractivity contribution in [2.45, 2.75) is 49.7 Å². The van der Waals surface area contributed by atoms with Gasteiger partial charge in [-0.1, -0.05) is 18.9 Å². The first-order valence-electron chi connectivity index (χ1n) is 6.92. The maximum atomic E-state index is 12.3. The summed E-state index contributed by atoms with van der Waals surface area (Å²) in [6, 6.07) is 4.08. The van der Waals surface area contributed by atoms with E-state index >= 15 is 0 Å². The zero-order valence-corrected chi connectivity index (χ0v) is 11.4. The second-order valence-corrected chi connectivity index (χ2v) is 6.61. The number of aromatic nitrogens is 1. The van der Waals surface area contributed by atoms with Crippen LogP contribution < -0.4 is 0 Å². The van der Waals surface area contributed by atoms with E-state index in [0.717, 1.165) is 23.8 Å². The molecule has 2 nitrogen and oxygen atoms in total. The molecule has 0 aliphatic heterocycles. The van der Waals surface area contributed by atoms with Crippen molar-refractivity contribution in [2.24, 2.45) is 0 Å². The van der Waals surface area contributed by atoms with E-state index in [1.165, 1.54) is 31.2 Å². The standard InChI is InChI=1S/C15H19NOS/c17-14(10-18-12-5-1-2-6-12)13-8-7-11-4-3-9-16-15(11)13/h3-4,9,12-13H,1-2,5-8,10H2. The molecule has 0 radical (unpaired) electrons. The quantitative estimate of drug-likeness (QED) is 0.832. The van der Waals surface area contributed by atoms with Gasteiger partial charge < -0.3 is 0 Å². The molecule has 3 rings (SSSR count). The van der Waals surface area contributed by atoms with Crippen molar-refractivity contribution in [1.29, 1.82) is 0 Å². The van der Waals surface area contributed by atoms with Crippen molar-refractivity contribution < 1.29 is 4.79 Å². The molecule has 1 aromatic heterocycles. The van der Waals surface area contributed by atoms with Crippen LogP contribution >= 0.6 is 11.8 Å². The Bertz CT molecular complexity index is 440. The number of fused-ring (bicyclic) bond motifs is 1. The number of nitrogens with zero attached hydrogens (tertiary/aromatic N) is 1. The second-order valence-electron chi connectivity index (χ2n) is 5.32. The van der Waals surface area contributed by atoms with Gasteiger partial charge in [-0.15, -0.1) is 0 Å². The Kier molecular flexibility index (Phi) is 3.69. The molecule has 1 fully saturated rings. The molecule has 0 bridgehead atoms. The number of aryl methyl sites for hydroxylation is 1. The highest BCUT2D eigenvalue weighted by Crippen LogP contribution is 2.35. The number of rotatable bonds is 4. The minimum absolute atomic E-state index is 0.0788. The van der Waals surface area contributed by atoms with Gasteiger partial charge >= 0.3 is 0 Å². The molecule has 2 aliphatic carbocycles. The van der Waals surface area contributed by atoms with E-state index in [1.807, 2.05) is 24.0 Å². The summed E-state index contributed by atoms with van der Waals surface area (Å²) < 4.78 is 0. The molecule has 0 amide bonds. The Morgan fingerprint density at radius 1 is 1.33 bits per heavy atom. The summed E-state index contributed by atoms with van der Waals surface area (Å²) in [6.45, 7) is 0. The first-order valence-corrected chi connectivity index (χ1v) is 7.97. The van der Waals surface area contributed by atoms with Crippen molar-refractivity contribution in [3.05, 3.63) is 29.6 Å². The summed E-state index contributed by atoms with van der Waals surface area (Å²) in [5.74, 6) is 1.16. The van der Waals surface area contributed by atoms with E-state index < -0.39 is 0 Å². The molecular weight excluding hydrogens is 242 g/mol. The zero-order chi connectivity index (χ0) is 12.4. The fourth-order valence-corrected chi connectivity index (χ4v) is 4.35. The molecule has 1 aromatic rings. The van der Waals surface area contributed by atoms with Crippen molar-refractivity contribution >= 4 is 17.5 Å². The van der Waals surface area contributed by atoms with Crippen molar-refractivity contribution in [3.8, 4) is 0 Å². The van der Waals surface area contributed by atoms with Crippen LogP contribution in [-0.2, 0) is 11.2 Å². The molecule has 1 saturated carbocycles. The summed E-state index contributed by atoms with van der Waals surface area (Å²) in [4.78, 5) is 16.7. The molecule has 1 unspecified atom stereocenters. The molecule has 0 spiro atoms. The van der Waals surface area contributed by atoms with Crippen molar-refractivity contribution in [1.82, 2.24) is 4.98 Å². The predicted molar refractivity (Wildman–Crippen MR) is 75.0 cm³/mol. The number of Topliss-reactive ketones (excluding diaryl/α,β-unsaturated/α-hetero) is 1. The highest BCUT2D eigenvalue weighted by molar-refractivity contribution is 8.00. The van der Waals surface area contributed by atoms with Gasteiger partial charge in [-0.2, -0.15) is 11.8 Å². The largest absolute Gasteiger partial charge is 0.298 e. The van der Waals surface area contributed by atoms with E-state index in [-0.39, 0.29) is 5.92 Å². The van der Waals surface area contributed by atoms with Crippen molar-refractivity contribution in [2.75, 3.05) is 5.75 Å². The number of hydrogen-bond acceptors (Lipinski definition) is 3. The monoisotopic (exact) mass is 261 g/mol. The molecular formula is C15H19NOS. The van der Waals surface area contributed by atoms with Crippen molar-refractivity contribution in [3.63, 3.8) is 0 Å². The first-order chi connectivity index (χ1) is 8.84. The topological polar surface area (TPSA) is 30.0 Å². The van der Waals surface area contributed by atoms with Gasteiger partial charge in [0.1, 0.15) is 0 Å². The van der Waals surface area contributed by atoms with Gasteiger partial charge in [0.15, 0.2) is 5.78 Å². The van der Waals surface area contributed by atoms with Crippen LogP contribution in [0.1, 0.15) is 49.3 Å². The number of thioether (sulfide) groups is 1. The molecule has 1 atom stereocenters. The second kappa shape index (κ2) is 5.43. The third kappa shape index (κ3) is 2.46. The Balaban J connectivity index is 1.60. The summed E-state index contributed by atoms with van der Waals surface area (Å²) in [6.07, 6.45) is 9.10. The molecule has 2 aliphatic rings. The molecule has 0 saturated heterocycles. The van der Waals surface area contributed by atoms with Crippen LogP contribution in [0.2, 0.25) is 0 Å². The molecule has 0 aromatic carbocycles. The molecule has 18 heavy (non-hydrogen) atoms. The van der Waals surface area contributed by atoms with Gasteiger partial charge in [-0.05, 0) is 37.3 Å². The molecule has 3 heteroatoms. The predicted octanol–water partition coefficient (Wildman–Crippen LogP) is 3.36. The van der Waals surface area contributed by atoms with Crippen LogP contribution in [0.25, 0.3) is 0 Å². The van der Waals surface area contributed by atoms with Gasteiger partial charge in [0.2, 0.25) is 0 Å². The summed E-state index contributed by atoms with van der Waals surface area (Å²) >= 11 is 1.88. The number of carbonyl (C=O) groups excluding carboxylic acids is 1. The number of pyridine rings is 1. The lowest BCUT2D eigenvalue weighted by molar-refractivity contribution is -0.118. The first kappa shape index (κ1) is 12.2. The summed E-state index contributed by atoms with van der Waals surface area (Å²) in [5.41, 5.74) is 2.33. The van der Waals surface area contributed by atoms with Gasteiger partial charge in [0.05, 0.1) is 17.4 Å². The molecule has 96 valence electrons. The number of ketones is 1. The maximum Gasteiger partial charge on any atom is 0.151 e. The lowest BCUT2D eigenvalue weighted by Crippen LogP contribution is -2.15. The number of carbonyl (C=O) groups is 1. The normalized spacial score (nSPS) is 23.2. The number of hydrogen-bond donors (Lipinski definition) is 0. The Morgan fingerprint density at radius 2 is 2.17 bits per heavy atom. The van der Waals surface area contributed by atoms with Gasteiger partial charge in [0, 0.05) is 11.4 Å². The van der Waals surface area contributed by atoms with E-state index in [2.05, 4.69) is 11.1 Å². The van der Waals surface area contributed by atoms with Gasteiger partial charge in [-0.25, -0.2) is 0 Å². The summed E-state index contributed by atoms with van der Waals surface area (Å²) in [5, 5.41) is 0.735. The highest BCUT2D eigenvalue weighted by atomic mass is 32.2. The van der Waals surface area contributed by atoms with Crippen LogP contribution in [0.15, 0.2) is 18.3 Å². The third-order valence-corrected chi connectivity index (χ3v) is 5.50. The fraction of sp³-hybridized carbons (Fsp3) is 0.600. The average Bonchev–Trinajstić information content (AvgIpc) is 3.05. The van der Waals surface area contributed by atoms with Gasteiger partial charge in [-0.3, -0.25) is 9.78 Å². The Morgan fingerprint density at radius 3 is 3.00 bits per heavy atom. The Labute approximate surface area is 113 Å². The van der Waals surface area contributed by atoms with Crippen LogP contribution in [0.3, 0.4) is 0 Å². The third-order valence-electron chi connectivity index (χ3n) is 4.11. The van der Waals surface area contributed by atoms with Crippen LogP contribution in [0.5, 0.6) is 0 Å². The van der Waals surface area contributed by atoms with E-state index in [9.17, 15) is 4.79 Å². The molecule has 0 N–H and O–H groups in total. The van der Waals surface area contributed by atoms with Crippen LogP contribution in [-0.4, -0.2) is 21.8 Å². The lowest BCUT2D eigenvalue weighted by Gasteiger charge is -2.12. The van der Waals surface area contributed by atoms with E-state index in [0.29, 0.717) is 11.5 Å². The van der Waals surface area contributed by atoms with E-state index in [1.54, 1.807) is 0 Å². The minimum Gasteiger partial charge on any atom is -0.298 e. The molecule has 1 heterocycles. The Hall–Kier alpha value is -0.830. The highest BCUT2D eigenvalue weighted by Gasteiger charge is 2.30. The van der Waals surface area contributed by atoms with Gasteiger partial charge in [0.25, 0.3) is 0 Å².